The van der Waals surface area contributed by atoms with E-state index in [0.717, 1.165) is 65.0 Å². The fourth-order valence-electron chi connectivity index (χ4n) is 4.80. The van der Waals surface area contributed by atoms with E-state index in [4.69, 9.17) is 24.0 Å². The lowest BCUT2D eigenvalue weighted by molar-refractivity contribution is 0.00578. The minimum absolute atomic E-state index is 0.381. The first-order valence-corrected chi connectivity index (χ1v) is 12.9. The van der Waals surface area contributed by atoms with E-state index < -0.39 is 7.12 Å². The van der Waals surface area contributed by atoms with E-state index in [1.54, 1.807) is 0 Å². The van der Waals surface area contributed by atoms with Gasteiger partial charge in [0.15, 0.2) is 0 Å². The number of nitriles is 1. The van der Waals surface area contributed by atoms with E-state index in [1.165, 1.54) is 0 Å². The number of rotatable bonds is 5. The number of aryl methyl sites for hydroxylation is 3. The molecule has 0 saturated carbocycles. The van der Waals surface area contributed by atoms with Gasteiger partial charge in [-0.2, -0.15) is 10.2 Å². The lowest BCUT2D eigenvalue weighted by atomic mass is 9.79. The van der Waals surface area contributed by atoms with E-state index in [9.17, 15) is 5.26 Å². The Morgan fingerprint density at radius 3 is 2.19 bits per heavy atom. The van der Waals surface area contributed by atoms with Gasteiger partial charge in [-0.1, -0.05) is 12.1 Å². The number of nitrogens with zero attached hydrogens (tertiary/aromatic N) is 3. The summed E-state index contributed by atoms with van der Waals surface area (Å²) in [7, 11) is -0.405. The average Bonchev–Trinajstić information content (AvgIpc) is 3.08. The molecule has 1 aliphatic heterocycles. The van der Waals surface area contributed by atoms with E-state index in [-0.39, 0.29) is 11.2 Å². The van der Waals surface area contributed by atoms with Crippen molar-refractivity contribution in [3.63, 3.8) is 0 Å². The van der Waals surface area contributed by atoms with Crippen LogP contribution in [0.25, 0.3) is 0 Å². The molecule has 2 aromatic carbocycles. The summed E-state index contributed by atoms with van der Waals surface area (Å²) in [5, 5.41) is 12.6. The van der Waals surface area contributed by atoms with Gasteiger partial charge in [-0.15, -0.1) is 0 Å². The summed E-state index contributed by atoms with van der Waals surface area (Å²) in [6.45, 7) is 12.1. The summed E-state index contributed by atoms with van der Waals surface area (Å²) >= 11 is 0. The Labute approximate surface area is 219 Å². The van der Waals surface area contributed by atoms with E-state index in [2.05, 4.69) is 39.1 Å². The Hall–Kier alpha value is -3.41. The molecule has 3 aromatic rings. The van der Waals surface area contributed by atoms with Crippen molar-refractivity contribution in [1.29, 1.82) is 5.26 Å². The smallest absolute Gasteiger partial charge is 0.438 e. The van der Waals surface area contributed by atoms with Crippen LogP contribution in [0.4, 0.5) is 11.6 Å². The van der Waals surface area contributed by atoms with Crippen molar-refractivity contribution in [2.24, 2.45) is 0 Å². The second kappa shape index (κ2) is 9.48. The van der Waals surface area contributed by atoms with Crippen LogP contribution >= 0.6 is 0 Å². The van der Waals surface area contributed by atoms with Crippen LogP contribution in [0.3, 0.4) is 0 Å². The fourth-order valence-corrected chi connectivity index (χ4v) is 4.80. The van der Waals surface area contributed by atoms with Crippen molar-refractivity contribution in [3.8, 4) is 17.7 Å². The second-order valence-electron chi connectivity index (χ2n) is 11.0. The Morgan fingerprint density at radius 2 is 1.57 bits per heavy atom. The van der Waals surface area contributed by atoms with Crippen molar-refractivity contribution in [2.75, 3.05) is 5.32 Å². The van der Waals surface area contributed by atoms with Crippen LogP contribution in [0.1, 0.15) is 68.5 Å². The predicted molar refractivity (Wildman–Crippen MR) is 145 cm³/mol. The zero-order chi connectivity index (χ0) is 26.4. The molecule has 1 aromatic heterocycles. The third-order valence-electron chi connectivity index (χ3n) is 7.63. The molecule has 0 radical (unpaired) electrons. The molecule has 0 spiro atoms. The minimum atomic E-state index is -0.405. The first-order chi connectivity index (χ1) is 17.6. The van der Waals surface area contributed by atoms with Gasteiger partial charge in [0.05, 0.1) is 28.5 Å². The van der Waals surface area contributed by atoms with E-state index >= 15 is 0 Å². The molecule has 7 nitrogen and oxygen atoms in total. The van der Waals surface area contributed by atoms with Crippen LogP contribution < -0.4 is 15.5 Å². The summed E-state index contributed by atoms with van der Waals surface area (Å²) in [5.41, 5.74) is 5.60. The first kappa shape index (κ1) is 25.3. The molecule has 1 saturated heterocycles. The normalized spacial score (nSPS) is 17.7. The van der Waals surface area contributed by atoms with Crippen LogP contribution in [0.15, 0.2) is 36.4 Å². The van der Waals surface area contributed by atoms with Crippen LogP contribution in [-0.4, -0.2) is 28.3 Å². The highest BCUT2D eigenvalue weighted by Crippen LogP contribution is 2.37. The number of hydrogen-bond acceptors (Lipinski definition) is 7. The molecule has 1 aliphatic carbocycles. The van der Waals surface area contributed by atoms with Crippen molar-refractivity contribution >= 4 is 24.2 Å². The summed E-state index contributed by atoms with van der Waals surface area (Å²) in [6, 6.07) is 13.9. The molecule has 8 heteroatoms. The number of nitrogens with one attached hydrogen (secondary N) is 1. The standard InChI is InChI=1S/C29H33BN4O3/c1-18-15-20(17-31)16-19(2)25(18)35-26-23-9-7-8-10-24(23)33-27(34-26)32-22-13-11-21(12-14-22)30-36-28(3,4)29(5,6)37-30/h11-16H,7-10H2,1-6H3,(H,32,33,34). The van der Waals surface area contributed by atoms with Gasteiger partial charge in [0.2, 0.25) is 11.8 Å². The van der Waals surface area contributed by atoms with Crippen LogP contribution in [-0.2, 0) is 22.2 Å². The van der Waals surface area contributed by atoms with Gasteiger partial charge in [0, 0.05) is 11.3 Å². The maximum Gasteiger partial charge on any atom is 0.494 e. The fraction of sp³-hybridized carbons (Fsp3) is 0.414. The molecule has 2 heterocycles. The van der Waals surface area contributed by atoms with Gasteiger partial charge >= 0.3 is 7.12 Å². The molecular formula is C29H33BN4O3. The number of ether oxygens (including phenoxy) is 1. The molecule has 1 N–H and O–H groups in total. The Morgan fingerprint density at radius 1 is 0.946 bits per heavy atom. The third kappa shape index (κ3) is 4.94. The van der Waals surface area contributed by atoms with Gasteiger partial charge in [0.1, 0.15) is 5.75 Å². The largest absolute Gasteiger partial charge is 0.494 e. The number of fused-ring (bicyclic) bond motifs is 1. The lowest BCUT2D eigenvalue weighted by Crippen LogP contribution is -2.41. The third-order valence-corrected chi connectivity index (χ3v) is 7.63. The number of hydrogen-bond donors (Lipinski definition) is 1. The van der Waals surface area contributed by atoms with Gasteiger partial charge in [0.25, 0.3) is 0 Å². The van der Waals surface area contributed by atoms with Crippen molar-refractivity contribution < 1.29 is 14.0 Å². The molecule has 37 heavy (non-hydrogen) atoms. The van der Waals surface area contributed by atoms with Crippen molar-refractivity contribution in [3.05, 3.63) is 64.3 Å². The van der Waals surface area contributed by atoms with Gasteiger partial charge in [-0.3, -0.25) is 0 Å². The van der Waals surface area contributed by atoms with Gasteiger partial charge < -0.3 is 19.4 Å². The summed E-state index contributed by atoms with van der Waals surface area (Å²) in [5.74, 6) is 1.82. The number of benzene rings is 2. The molecular weight excluding hydrogens is 463 g/mol. The second-order valence-corrected chi connectivity index (χ2v) is 11.0. The van der Waals surface area contributed by atoms with Crippen LogP contribution in [0, 0.1) is 25.2 Å². The molecule has 5 rings (SSSR count). The zero-order valence-corrected chi connectivity index (χ0v) is 22.4. The maximum atomic E-state index is 9.29. The molecule has 0 bridgehead atoms. The first-order valence-electron chi connectivity index (χ1n) is 12.9. The predicted octanol–water partition coefficient (Wildman–Crippen LogP) is 5.68. The topological polar surface area (TPSA) is 89.3 Å². The molecule has 1 fully saturated rings. The van der Waals surface area contributed by atoms with Crippen LogP contribution in [0.5, 0.6) is 11.6 Å². The Balaban J connectivity index is 1.40. The Bertz CT molecular complexity index is 1340. The maximum absolute atomic E-state index is 9.29. The minimum Gasteiger partial charge on any atom is -0.438 e. The molecule has 190 valence electrons. The van der Waals surface area contributed by atoms with E-state index in [1.807, 2.05) is 50.2 Å². The van der Waals surface area contributed by atoms with Gasteiger partial charge in [-0.05, 0) is 108 Å². The highest BCUT2D eigenvalue weighted by molar-refractivity contribution is 6.62. The van der Waals surface area contributed by atoms with E-state index in [0.29, 0.717) is 17.4 Å². The highest BCUT2D eigenvalue weighted by Gasteiger charge is 2.51. The molecule has 0 atom stereocenters. The van der Waals surface area contributed by atoms with Gasteiger partial charge in [-0.25, -0.2) is 4.98 Å². The summed E-state index contributed by atoms with van der Waals surface area (Å²) < 4.78 is 18.8. The molecule has 2 aliphatic rings. The molecule has 0 amide bonds. The molecule has 0 unspecified atom stereocenters. The number of anilines is 2. The SMILES string of the molecule is Cc1cc(C#N)cc(C)c1Oc1nc(Nc2ccc(B3OC(C)(C)C(C)(C)O3)cc2)nc2c1CCCC2. The number of aromatic nitrogens is 2. The summed E-state index contributed by atoms with van der Waals surface area (Å²) in [4.78, 5) is 9.61. The highest BCUT2D eigenvalue weighted by atomic mass is 16.7. The van der Waals surface area contributed by atoms with Crippen molar-refractivity contribution in [1.82, 2.24) is 9.97 Å². The average molecular weight is 496 g/mol. The van der Waals surface area contributed by atoms with Crippen LogP contribution in [0.2, 0.25) is 0 Å². The zero-order valence-electron chi connectivity index (χ0n) is 22.4. The van der Waals surface area contributed by atoms with Crippen molar-refractivity contribution in [2.45, 2.75) is 78.4 Å². The lowest BCUT2D eigenvalue weighted by Gasteiger charge is -2.32. The summed E-state index contributed by atoms with van der Waals surface area (Å²) in [6.07, 6.45) is 3.98. The Kier molecular flexibility index (Phi) is 6.47. The monoisotopic (exact) mass is 496 g/mol. The quantitative estimate of drug-likeness (QED) is 0.455.